The standard InChI is InChI=1S/C16H26N4O/c1-12(2)19-16-14-3-6-20(9-13-5-8-21-10-13)7-4-15(14)17-11-18-16/h11-13H,3-10H2,1-2H3,(H,17,18,19)/t13-/m1/s1. The second-order valence-electron chi connectivity index (χ2n) is 6.48. The molecule has 1 aromatic heterocycles. The van der Waals surface area contributed by atoms with Crippen LogP contribution in [-0.2, 0) is 17.6 Å². The minimum atomic E-state index is 0.402. The molecular formula is C16H26N4O. The van der Waals surface area contributed by atoms with Crippen LogP contribution in [0.2, 0.25) is 0 Å². The third-order valence-electron chi connectivity index (χ3n) is 4.34. The van der Waals surface area contributed by atoms with Crippen LogP contribution < -0.4 is 5.32 Å². The Balaban J connectivity index is 1.67. The Hall–Kier alpha value is -1.20. The Morgan fingerprint density at radius 1 is 1.33 bits per heavy atom. The lowest BCUT2D eigenvalue weighted by atomic mass is 10.1. The molecule has 0 amide bonds. The van der Waals surface area contributed by atoms with E-state index in [9.17, 15) is 0 Å². The minimum Gasteiger partial charge on any atom is -0.381 e. The van der Waals surface area contributed by atoms with E-state index in [2.05, 4.69) is 34.0 Å². The van der Waals surface area contributed by atoms with Crippen LogP contribution in [0.1, 0.15) is 31.5 Å². The van der Waals surface area contributed by atoms with Gasteiger partial charge in [0.2, 0.25) is 0 Å². The van der Waals surface area contributed by atoms with Gasteiger partial charge in [-0.25, -0.2) is 9.97 Å². The maximum Gasteiger partial charge on any atom is 0.133 e. The molecule has 0 saturated carbocycles. The average Bonchev–Trinajstić information content (AvgIpc) is 2.86. The lowest BCUT2D eigenvalue weighted by molar-refractivity contribution is 0.168. The van der Waals surface area contributed by atoms with Gasteiger partial charge in [-0.2, -0.15) is 0 Å². The summed E-state index contributed by atoms with van der Waals surface area (Å²) in [5, 5.41) is 3.46. The van der Waals surface area contributed by atoms with E-state index in [4.69, 9.17) is 4.74 Å². The average molecular weight is 290 g/mol. The van der Waals surface area contributed by atoms with E-state index in [0.717, 1.165) is 51.5 Å². The van der Waals surface area contributed by atoms with Gasteiger partial charge in [0.05, 0.1) is 12.3 Å². The summed E-state index contributed by atoms with van der Waals surface area (Å²) in [4.78, 5) is 11.5. The van der Waals surface area contributed by atoms with Crippen LogP contribution in [-0.4, -0.2) is 53.8 Å². The predicted octanol–water partition coefficient (Wildman–Crippen LogP) is 1.73. The largest absolute Gasteiger partial charge is 0.381 e. The number of fused-ring (bicyclic) bond motifs is 1. The first-order chi connectivity index (χ1) is 10.2. The van der Waals surface area contributed by atoms with Crippen LogP contribution in [0.5, 0.6) is 0 Å². The lowest BCUT2D eigenvalue weighted by Gasteiger charge is -2.22. The molecule has 1 aromatic rings. The third-order valence-corrected chi connectivity index (χ3v) is 4.34. The van der Waals surface area contributed by atoms with Crippen molar-refractivity contribution >= 4 is 5.82 Å². The molecule has 0 unspecified atom stereocenters. The molecule has 0 aliphatic carbocycles. The second kappa shape index (κ2) is 6.71. The Morgan fingerprint density at radius 2 is 2.19 bits per heavy atom. The molecule has 0 radical (unpaired) electrons. The molecular weight excluding hydrogens is 264 g/mol. The predicted molar refractivity (Wildman–Crippen MR) is 83.6 cm³/mol. The molecule has 5 heteroatoms. The van der Waals surface area contributed by atoms with Crippen molar-refractivity contribution in [3.63, 3.8) is 0 Å². The van der Waals surface area contributed by atoms with E-state index >= 15 is 0 Å². The van der Waals surface area contributed by atoms with Crippen molar-refractivity contribution in [1.82, 2.24) is 14.9 Å². The molecule has 0 aromatic carbocycles. The summed E-state index contributed by atoms with van der Waals surface area (Å²) in [6.45, 7) is 9.53. The quantitative estimate of drug-likeness (QED) is 0.915. The molecule has 3 heterocycles. The van der Waals surface area contributed by atoms with Crippen LogP contribution in [0.25, 0.3) is 0 Å². The molecule has 2 aliphatic heterocycles. The fraction of sp³-hybridized carbons (Fsp3) is 0.750. The number of anilines is 1. The Kier molecular flexibility index (Phi) is 4.70. The van der Waals surface area contributed by atoms with Crippen LogP contribution in [0, 0.1) is 5.92 Å². The number of rotatable bonds is 4. The van der Waals surface area contributed by atoms with E-state index in [1.165, 1.54) is 17.7 Å². The number of hydrogen-bond donors (Lipinski definition) is 1. The molecule has 5 nitrogen and oxygen atoms in total. The highest BCUT2D eigenvalue weighted by Gasteiger charge is 2.23. The monoisotopic (exact) mass is 290 g/mol. The molecule has 3 rings (SSSR count). The Labute approximate surface area is 127 Å². The van der Waals surface area contributed by atoms with Gasteiger partial charge in [0.25, 0.3) is 0 Å². The van der Waals surface area contributed by atoms with Gasteiger partial charge in [-0.3, -0.25) is 0 Å². The zero-order chi connectivity index (χ0) is 14.7. The molecule has 2 aliphatic rings. The summed E-state index contributed by atoms with van der Waals surface area (Å²) < 4.78 is 5.50. The maximum atomic E-state index is 5.50. The van der Waals surface area contributed by atoms with E-state index < -0.39 is 0 Å². The van der Waals surface area contributed by atoms with Crippen molar-refractivity contribution in [3.8, 4) is 0 Å². The van der Waals surface area contributed by atoms with Crippen molar-refractivity contribution in [2.24, 2.45) is 5.92 Å². The first-order valence-electron chi connectivity index (χ1n) is 8.11. The molecule has 0 bridgehead atoms. The number of nitrogens with one attached hydrogen (secondary N) is 1. The van der Waals surface area contributed by atoms with Gasteiger partial charge < -0.3 is 15.0 Å². The fourth-order valence-electron chi connectivity index (χ4n) is 3.25. The highest BCUT2D eigenvalue weighted by molar-refractivity contribution is 5.47. The maximum absolute atomic E-state index is 5.50. The summed E-state index contributed by atoms with van der Waals surface area (Å²) in [6.07, 6.45) is 4.98. The normalized spacial score (nSPS) is 23.1. The van der Waals surface area contributed by atoms with Gasteiger partial charge in [-0.15, -0.1) is 0 Å². The molecule has 1 fully saturated rings. The van der Waals surface area contributed by atoms with Crippen LogP contribution >= 0.6 is 0 Å². The van der Waals surface area contributed by atoms with E-state index in [0.29, 0.717) is 12.0 Å². The Bertz CT molecular complexity index is 471. The second-order valence-corrected chi connectivity index (χ2v) is 6.48. The SMILES string of the molecule is CC(C)Nc1ncnc2c1CCN(C[C@H]1CCOC1)CC2. The van der Waals surface area contributed by atoms with Crippen LogP contribution in [0.15, 0.2) is 6.33 Å². The van der Waals surface area contributed by atoms with E-state index in [1.54, 1.807) is 6.33 Å². The van der Waals surface area contributed by atoms with E-state index in [-0.39, 0.29) is 0 Å². The van der Waals surface area contributed by atoms with E-state index in [1.807, 2.05) is 0 Å². The zero-order valence-corrected chi connectivity index (χ0v) is 13.1. The summed E-state index contributed by atoms with van der Waals surface area (Å²) in [7, 11) is 0. The number of hydrogen-bond acceptors (Lipinski definition) is 5. The summed E-state index contributed by atoms with van der Waals surface area (Å²) in [5.74, 6) is 1.74. The van der Waals surface area contributed by atoms with Crippen molar-refractivity contribution in [2.45, 2.75) is 39.2 Å². The minimum absolute atomic E-state index is 0.402. The molecule has 116 valence electrons. The molecule has 1 N–H and O–H groups in total. The number of aromatic nitrogens is 2. The number of nitrogens with zero attached hydrogens (tertiary/aromatic N) is 3. The highest BCUT2D eigenvalue weighted by Crippen LogP contribution is 2.22. The van der Waals surface area contributed by atoms with Crippen molar-refractivity contribution in [2.75, 3.05) is 38.2 Å². The Morgan fingerprint density at radius 3 is 2.95 bits per heavy atom. The van der Waals surface area contributed by atoms with Crippen molar-refractivity contribution in [3.05, 3.63) is 17.6 Å². The van der Waals surface area contributed by atoms with Crippen LogP contribution in [0.4, 0.5) is 5.82 Å². The smallest absolute Gasteiger partial charge is 0.133 e. The van der Waals surface area contributed by atoms with Crippen molar-refractivity contribution < 1.29 is 4.74 Å². The molecule has 21 heavy (non-hydrogen) atoms. The number of ether oxygens (including phenoxy) is 1. The van der Waals surface area contributed by atoms with Gasteiger partial charge >= 0.3 is 0 Å². The van der Waals surface area contributed by atoms with Gasteiger partial charge in [0.15, 0.2) is 0 Å². The third kappa shape index (κ3) is 3.71. The van der Waals surface area contributed by atoms with Crippen molar-refractivity contribution in [1.29, 1.82) is 0 Å². The topological polar surface area (TPSA) is 50.3 Å². The first kappa shape index (κ1) is 14.7. The zero-order valence-electron chi connectivity index (χ0n) is 13.1. The van der Waals surface area contributed by atoms with Gasteiger partial charge in [-0.1, -0.05) is 0 Å². The lowest BCUT2D eigenvalue weighted by Crippen LogP contribution is -2.32. The fourth-order valence-corrected chi connectivity index (χ4v) is 3.25. The first-order valence-corrected chi connectivity index (χ1v) is 8.11. The highest BCUT2D eigenvalue weighted by atomic mass is 16.5. The summed E-state index contributed by atoms with van der Waals surface area (Å²) >= 11 is 0. The van der Waals surface area contributed by atoms with Gasteiger partial charge in [0, 0.05) is 44.3 Å². The van der Waals surface area contributed by atoms with Gasteiger partial charge in [0.1, 0.15) is 12.1 Å². The molecule has 1 saturated heterocycles. The molecule has 0 spiro atoms. The van der Waals surface area contributed by atoms with Crippen LogP contribution in [0.3, 0.4) is 0 Å². The van der Waals surface area contributed by atoms with Gasteiger partial charge in [-0.05, 0) is 32.6 Å². The summed E-state index contributed by atoms with van der Waals surface area (Å²) in [5.41, 5.74) is 2.54. The summed E-state index contributed by atoms with van der Waals surface area (Å²) in [6, 6.07) is 0.402. The molecule has 1 atom stereocenters.